The van der Waals surface area contributed by atoms with Crippen LogP contribution in [0.5, 0.6) is 11.5 Å². The maximum atomic E-state index is 12.2. The van der Waals surface area contributed by atoms with Gasteiger partial charge in [-0.2, -0.15) is 0 Å². The zero-order valence-corrected chi connectivity index (χ0v) is 16.6. The number of hydrogen-bond donors (Lipinski definition) is 1. The topological polar surface area (TPSA) is 47.6 Å². The van der Waals surface area contributed by atoms with Gasteiger partial charge in [0.1, 0.15) is 0 Å². The molecule has 0 aliphatic rings. The van der Waals surface area contributed by atoms with Gasteiger partial charge in [-0.3, -0.25) is 4.79 Å². The Labute approximate surface area is 161 Å². The molecule has 134 valence electrons. The normalized spacial score (nSPS) is 11.7. The molecule has 0 saturated carbocycles. The van der Waals surface area contributed by atoms with Gasteiger partial charge >= 0.3 is 0 Å². The molecule has 0 aromatic heterocycles. The minimum Gasteiger partial charge on any atom is -0.493 e. The van der Waals surface area contributed by atoms with Gasteiger partial charge in [0.25, 0.3) is 0 Å². The molecule has 1 atom stereocenters. The third kappa shape index (κ3) is 5.65. The van der Waals surface area contributed by atoms with Crippen molar-refractivity contribution < 1.29 is 14.3 Å². The van der Waals surface area contributed by atoms with Gasteiger partial charge < -0.3 is 14.8 Å². The van der Waals surface area contributed by atoms with E-state index in [0.29, 0.717) is 35.9 Å². The lowest BCUT2D eigenvalue weighted by Crippen LogP contribution is -2.33. The molecule has 2 rings (SSSR count). The van der Waals surface area contributed by atoms with Gasteiger partial charge in [-0.05, 0) is 42.2 Å². The quantitative estimate of drug-likeness (QED) is 0.649. The zero-order valence-electron chi connectivity index (χ0n) is 14.2. The minimum absolute atomic E-state index is 0.0552. The smallest absolute Gasteiger partial charge is 0.234 e. The Bertz CT molecular complexity index is 724. The largest absolute Gasteiger partial charge is 0.493 e. The first kappa shape index (κ1) is 19.6. The van der Waals surface area contributed by atoms with E-state index >= 15 is 0 Å². The number of halogens is 2. The summed E-state index contributed by atoms with van der Waals surface area (Å²) in [6.07, 6.45) is 1.25. The van der Waals surface area contributed by atoms with Crippen molar-refractivity contribution in [1.29, 1.82) is 0 Å². The molecule has 1 N–H and O–H groups in total. The summed E-state index contributed by atoms with van der Waals surface area (Å²) in [7, 11) is 3.21. The number of carbonyl (C=O) groups excluding carboxylic acids is 1. The molecule has 0 aliphatic heterocycles. The van der Waals surface area contributed by atoms with E-state index in [-0.39, 0.29) is 10.7 Å². The second-order valence-electron chi connectivity index (χ2n) is 5.49. The van der Waals surface area contributed by atoms with Crippen molar-refractivity contribution in [3.63, 3.8) is 0 Å². The molecule has 0 heterocycles. The Hall–Kier alpha value is -1.72. The van der Waals surface area contributed by atoms with E-state index in [1.807, 2.05) is 42.5 Å². The number of carbonyl (C=O) groups is 1. The summed E-state index contributed by atoms with van der Waals surface area (Å²) in [6.45, 7) is 0.541. The molecule has 0 bridgehead atoms. The van der Waals surface area contributed by atoms with Crippen LogP contribution in [0.2, 0.25) is 5.02 Å². The molecular formula is C19H21BrClNO3. The molecular weight excluding hydrogens is 406 g/mol. The fourth-order valence-electron chi connectivity index (χ4n) is 2.43. The summed E-state index contributed by atoms with van der Waals surface area (Å²) in [5.74, 6) is 1.32. The van der Waals surface area contributed by atoms with Crippen LogP contribution in [0.1, 0.15) is 11.1 Å². The Morgan fingerprint density at radius 3 is 2.56 bits per heavy atom. The summed E-state index contributed by atoms with van der Waals surface area (Å²) in [5.41, 5.74) is 2.01. The third-order valence-corrected chi connectivity index (χ3v) is 4.91. The lowest BCUT2D eigenvalue weighted by Gasteiger charge is -2.13. The Morgan fingerprint density at radius 1 is 1.16 bits per heavy atom. The van der Waals surface area contributed by atoms with Crippen LogP contribution in [0.3, 0.4) is 0 Å². The second-order valence-corrected chi connectivity index (χ2v) is 7.01. The van der Waals surface area contributed by atoms with E-state index < -0.39 is 0 Å². The third-order valence-electron chi connectivity index (χ3n) is 3.80. The monoisotopic (exact) mass is 425 g/mol. The maximum Gasteiger partial charge on any atom is 0.234 e. The summed E-state index contributed by atoms with van der Waals surface area (Å²) in [4.78, 5) is 11.9. The number of benzene rings is 2. The van der Waals surface area contributed by atoms with Gasteiger partial charge in [0.05, 0.1) is 19.0 Å². The predicted molar refractivity (Wildman–Crippen MR) is 104 cm³/mol. The Morgan fingerprint density at radius 2 is 1.88 bits per heavy atom. The van der Waals surface area contributed by atoms with E-state index in [9.17, 15) is 4.79 Å². The van der Waals surface area contributed by atoms with Crippen LogP contribution in [-0.2, 0) is 17.6 Å². The molecule has 0 aliphatic carbocycles. The van der Waals surface area contributed by atoms with Crippen LogP contribution >= 0.6 is 27.5 Å². The van der Waals surface area contributed by atoms with Crippen molar-refractivity contribution in [2.75, 3.05) is 20.8 Å². The number of rotatable bonds is 8. The summed E-state index contributed by atoms with van der Waals surface area (Å²) in [6, 6.07) is 13.3. The molecule has 2 aromatic carbocycles. The first-order valence-electron chi connectivity index (χ1n) is 7.91. The van der Waals surface area contributed by atoms with Crippen LogP contribution < -0.4 is 14.8 Å². The van der Waals surface area contributed by atoms with Gasteiger partial charge in [0, 0.05) is 11.6 Å². The van der Waals surface area contributed by atoms with E-state index in [4.69, 9.17) is 21.1 Å². The highest BCUT2D eigenvalue weighted by Gasteiger charge is 2.16. The summed E-state index contributed by atoms with van der Waals surface area (Å²) < 4.78 is 10.5. The van der Waals surface area contributed by atoms with Crippen LogP contribution in [-0.4, -0.2) is 31.5 Å². The zero-order chi connectivity index (χ0) is 18.2. The molecule has 0 fully saturated rings. The Balaban J connectivity index is 1.84. The lowest BCUT2D eigenvalue weighted by molar-refractivity contribution is -0.120. The number of methoxy groups -OCH3 is 2. The summed E-state index contributed by atoms with van der Waals surface area (Å²) >= 11 is 9.57. The van der Waals surface area contributed by atoms with Crippen LogP contribution in [0, 0.1) is 0 Å². The lowest BCUT2D eigenvalue weighted by atomic mass is 10.1. The highest BCUT2D eigenvalue weighted by atomic mass is 79.9. The number of ether oxygens (including phenoxy) is 2. The molecule has 2 aromatic rings. The highest BCUT2D eigenvalue weighted by molar-refractivity contribution is 9.10. The summed E-state index contributed by atoms with van der Waals surface area (Å²) in [5, 5.41) is 3.61. The van der Waals surface area contributed by atoms with E-state index in [2.05, 4.69) is 21.2 Å². The molecule has 6 heteroatoms. The van der Waals surface area contributed by atoms with Crippen molar-refractivity contribution in [2.24, 2.45) is 0 Å². The SMILES string of the molecule is COc1ccc(CCNC(=O)C(Br)Cc2ccccc2Cl)cc1OC. The van der Waals surface area contributed by atoms with Crippen molar-refractivity contribution in [2.45, 2.75) is 17.7 Å². The fraction of sp³-hybridized carbons (Fsp3) is 0.316. The van der Waals surface area contributed by atoms with E-state index in [1.165, 1.54) is 0 Å². The standard InChI is InChI=1S/C19H21BrClNO3/c1-24-17-8-7-13(11-18(17)25-2)9-10-22-19(23)15(20)12-14-5-3-4-6-16(14)21/h3-8,11,15H,9-10,12H2,1-2H3,(H,22,23). The molecule has 0 radical (unpaired) electrons. The van der Waals surface area contributed by atoms with Gasteiger partial charge in [-0.1, -0.05) is 51.8 Å². The Kier molecular flexibility index (Phi) is 7.59. The van der Waals surface area contributed by atoms with Gasteiger partial charge in [0.15, 0.2) is 11.5 Å². The van der Waals surface area contributed by atoms with E-state index in [0.717, 1.165) is 11.1 Å². The van der Waals surface area contributed by atoms with Crippen LogP contribution in [0.15, 0.2) is 42.5 Å². The maximum absolute atomic E-state index is 12.2. The van der Waals surface area contributed by atoms with E-state index in [1.54, 1.807) is 14.2 Å². The number of alkyl halides is 1. The number of hydrogen-bond acceptors (Lipinski definition) is 3. The van der Waals surface area contributed by atoms with Gasteiger partial charge in [0.2, 0.25) is 5.91 Å². The first-order valence-corrected chi connectivity index (χ1v) is 9.20. The molecule has 4 nitrogen and oxygen atoms in total. The molecule has 0 spiro atoms. The average Bonchev–Trinajstić information content (AvgIpc) is 2.63. The average molecular weight is 427 g/mol. The number of amides is 1. The van der Waals surface area contributed by atoms with Crippen molar-refractivity contribution in [3.8, 4) is 11.5 Å². The van der Waals surface area contributed by atoms with Crippen molar-refractivity contribution in [3.05, 3.63) is 58.6 Å². The first-order chi connectivity index (χ1) is 12.0. The molecule has 1 amide bonds. The van der Waals surface area contributed by atoms with Crippen molar-refractivity contribution in [1.82, 2.24) is 5.32 Å². The second kappa shape index (κ2) is 9.68. The number of nitrogens with one attached hydrogen (secondary N) is 1. The van der Waals surface area contributed by atoms with Crippen LogP contribution in [0.4, 0.5) is 0 Å². The van der Waals surface area contributed by atoms with Gasteiger partial charge in [-0.15, -0.1) is 0 Å². The fourth-order valence-corrected chi connectivity index (χ4v) is 3.15. The van der Waals surface area contributed by atoms with Crippen molar-refractivity contribution >= 4 is 33.4 Å². The predicted octanol–water partition coefficient (Wildman–Crippen LogP) is 4.02. The molecule has 1 unspecified atom stereocenters. The van der Waals surface area contributed by atoms with Crippen LogP contribution in [0.25, 0.3) is 0 Å². The molecule has 0 saturated heterocycles. The minimum atomic E-state index is -0.321. The highest BCUT2D eigenvalue weighted by Crippen LogP contribution is 2.27. The molecule has 25 heavy (non-hydrogen) atoms. The van der Waals surface area contributed by atoms with Gasteiger partial charge in [-0.25, -0.2) is 0 Å².